The molecule has 24 heavy (non-hydrogen) atoms. The Morgan fingerprint density at radius 1 is 0.917 bits per heavy atom. The lowest BCUT2D eigenvalue weighted by molar-refractivity contribution is 0.645. The highest BCUT2D eigenvalue weighted by molar-refractivity contribution is 7.99. The van der Waals surface area contributed by atoms with Crippen molar-refractivity contribution in [2.24, 2.45) is 5.92 Å². The molecule has 0 amide bonds. The fourth-order valence-corrected chi connectivity index (χ4v) is 4.57. The number of rotatable bonds is 7. The number of anilines is 2. The summed E-state index contributed by atoms with van der Waals surface area (Å²) in [6, 6.07) is 15.9. The van der Waals surface area contributed by atoms with Gasteiger partial charge in [0.05, 0.1) is 11.4 Å². The third kappa shape index (κ3) is 3.97. The van der Waals surface area contributed by atoms with Gasteiger partial charge in [0.1, 0.15) is 0 Å². The van der Waals surface area contributed by atoms with Crippen LogP contribution in [0.3, 0.4) is 0 Å². The van der Waals surface area contributed by atoms with Crippen molar-refractivity contribution in [1.82, 2.24) is 0 Å². The van der Waals surface area contributed by atoms with Crippen LogP contribution in [0.2, 0.25) is 0 Å². The summed E-state index contributed by atoms with van der Waals surface area (Å²) in [5.74, 6) is 0.703. The van der Waals surface area contributed by atoms with Crippen LogP contribution in [-0.4, -0.2) is 6.54 Å². The lowest BCUT2D eigenvalue weighted by atomic mass is 10.0. The zero-order chi connectivity index (χ0) is 16.9. The molecule has 0 aromatic heterocycles. The van der Waals surface area contributed by atoms with Crippen LogP contribution in [0.4, 0.5) is 11.4 Å². The molecule has 3 rings (SSSR count). The van der Waals surface area contributed by atoms with E-state index < -0.39 is 0 Å². The first-order valence-corrected chi connectivity index (χ1v) is 10.2. The van der Waals surface area contributed by atoms with Crippen LogP contribution in [-0.2, 0) is 6.42 Å². The number of fused-ring (bicyclic) bond motifs is 2. The van der Waals surface area contributed by atoms with Crippen molar-refractivity contribution >= 4 is 23.1 Å². The summed E-state index contributed by atoms with van der Waals surface area (Å²) < 4.78 is 0. The van der Waals surface area contributed by atoms with Gasteiger partial charge in [-0.2, -0.15) is 0 Å². The SMILES string of the molecule is CCCCCCN1c2ccccc2Sc2cc(CC(C)C)ccc21. The van der Waals surface area contributed by atoms with Crippen molar-refractivity contribution in [1.29, 1.82) is 0 Å². The molecule has 0 radical (unpaired) electrons. The van der Waals surface area contributed by atoms with Gasteiger partial charge in [-0.3, -0.25) is 0 Å². The topological polar surface area (TPSA) is 3.24 Å². The normalized spacial score (nSPS) is 13.1. The highest BCUT2D eigenvalue weighted by atomic mass is 32.2. The molecule has 0 unspecified atom stereocenters. The minimum atomic E-state index is 0.703. The number of unbranched alkanes of at least 4 members (excludes halogenated alkanes) is 3. The van der Waals surface area contributed by atoms with Crippen molar-refractivity contribution < 1.29 is 0 Å². The van der Waals surface area contributed by atoms with Crippen molar-refractivity contribution in [3.63, 3.8) is 0 Å². The number of benzene rings is 2. The summed E-state index contributed by atoms with van der Waals surface area (Å²) in [6.45, 7) is 7.98. The lowest BCUT2D eigenvalue weighted by Gasteiger charge is -2.33. The minimum absolute atomic E-state index is 0.703. The highest BCUT2D eigenvalue weighted by Crippen LogP contribution is 2.48. The Bertz CT molecular complexity index is 677. The van der Waals surface area contributed by atoms with E-state index in [1.54, 1.807) is 0 Å². The first kappa shape index (κ1) is 17.4. The third-order valence-corrected chi connectivity index (χ3v) is 5.68. The first-order valence-electron chi connectivity index (χ1n) is 9.36. The van der Waals surface area contributed by atoms with Gasteiger partial charge in [0.15, 0.2) is 0 Å². The molecule has 0 fully saturated rings. The van der Waals surface area contributed by atoms with E-state index in [4.69, 9.17) is 0 Å². The zero-order valence-corrected chi connectivity index (χ0v) is 16.0. The Morgan fingerprint density at radius 2 is 1.71 bits per heavy atom. The molecule has 2 heteroatoms. The molecule has 0 N–H and O–H groups in total. The second-order valence-electron chi connectivity index (χ2n) is 7.18. The van der Waals surface area contributed by atoms with Crippen molar-refractivity contribution in [2.45, 2.75) is 62.7 Å². The molecular weight excluding hydrogens is 310 g/mol. The van der Waals surface area contributed by atoms with Crippen LogP contribution in [0.5, 0.6) is 0 Å². The summed E-state index contributed by atoms with van der Waals surface area (Å²) in [6.07, 6.45) is 6.38. The predicted molar refractivity (Wildman–Crippen MR) is 107 cm³/mol. The van der Waals surface area contributed by atoms with Crippen LogP contribution < -0.4 is 4.90 Å². The zero-order valence-electron chi connectivity index (χ0n) is 15.2. The highest BCUT2D eigenvalue weighted by Gasteiger charge is 2.23. The second kappa shape index (κ2) is 8.11. The van der Waals surface area contributed by atoms with E-state index in [2.05, 4.69) is 68.1 Å². The van der Waals surface area contributed by atoms with Gasteiger partial charge >= 0.3 is 0 Å². The maximum Gasteiger partial charge on any atom is 0.0553 e. The van der Waals surface area contributed by atoms with Gasteiger partial charge in [-0.05, 0) is 48.6 Å². The Morgan fingerprint density at radius 3 is 2.50 bits per heavy atom. The van der Waals surface area contributed by atoms with Gasteiger partial charge in [-0.25, -0.2) is 0 Å². The molecule has 0 bridgehead atoms. The van der Waals surface area contributed by atoms with Crippen molar-refractivity contribution in [2.75, 3.05) is 11.4 Å². The van der Waals surface area contributed by atoms with E-state index in [0.29, 0.717) is 5.92 Å². The maximum absolute atomic E-state index is 2.54. The van der Waals surface area contributed by atoms with Gasteiger partial charge in [-0.15, -0.1) is 0 Å². The molecule has 0 atom stereocenters. The van der Waals surface area contributed by atoms with Crippen LogP contribution in [0.15, 0.2) is 52.3 Å². The molecule has 0 saturated carbocycles. The summed E-state index contributed by atoms with van der Waals surface area (Å²) in [5.41, 5.74) is 4.23. The summed E-state index contributed by atoms with van der Waals surface area (Å²) in [7, 11) is 0. The number of nitrogens with zero attached hydrogens (tertiary/aromatic N) is 1. The van der Waals surface area contributed by atoms with Crippen LogP contribution in [0.1, 0.15) is 52.0 Å². The molecule has 1 aliphatic heterocycles. The Hall–Kier alpha value is -1.41. The van der Waals surface area contributed by atoms with E-state index in [-0.39, 0.29) is 0 Å². The standard InChI is InChI=1S/C22H29NS/c1-4-5-6-9-14-23-19-10-7-8-11-21(19)24-22-16-18(15-17(2)3)12-13-20(22)23/h7-8,10-13,16-17H,4-6,9,14-15H2,1-3H3. The van der Waals surface area contributed by atoms with Gasteiger partial charge < -0.3 is 4.90 Å². The molecule has 1 heterocycles. The minimum Gasteiger partial charge on any atom is -0.340 e. The van der Waals surface area contributed by atoms with Gasteiger partial charge in [0.2, 0.25) is 0 Å². The van der Waals surface area contributed by atoms with E-state index in [1.165, 1.54) is 52.4 Å². The van der Waals surface area contributed by atoms with E-state index >= 15 is 0 Å². The first-order chi connectivity index (χ1) is 11.7. The monoisotopic (exact) mass is 339 g/mol. The van der Waals surface area contributed by atoms with Crippen LogP contribution in [0.25, 0.3) is 0 Å². The Kier molecular flexibility index (Phi) is 5.89. The van der Waals surface area contributed by atoms with E-state index in [0.717, 1.165) is 13.0 Å². The molecular formula is C22H29NS. The average Bonchev–Trinajstić information content (AvgIpc) is 2.57. The molecule has 0 aliphatic carbocycles. The van der Waals surface area contributed by atoms with E-state index in [9.17, 15) is 0 Å². The van der Waals surface area contributed by atoms with Crippen molar-refractivity contribution in [3.8, 4) is 0 Å². The van der Waals surface area contributed by atoms with Crippen LogP contribution in [0, 0.1) is 5.92 Å². The molecule has 0 saturated heterocycles. The number of para-hydroxylation sites is 1. The molecule has 2 aromatic carbocycles. The fourth-order valence-electron chi connectivity index (χ4n) is 3.41. The summed E-state index contributed by atoms with van der Waals surface area (Å²) in [4.78, 5) is 5.35. The van der Waals surface area contributed by atoms with E-state index in [1.807, 2.05) is 11.8 Å². The summed E-state index contributed by atoms with van der Waals surface area (Å²) >= 11 is 1.93. The fraction of sp³-hybridized carbons (Fsp3) is 0.455. The number of hydrogen-bond donors (Lipinski definition) is 0. The van der Waals surface area contributed by atoms with Gasteiger partial charge in [0, 0.05) is 16.3 Å². The second-order valence-corrected chi connectivity index (χ2v) is 8.27. The van der Waals surface area contributed by atoms with Gasteiger partial charge in [0.25, 0.3) is 0 Å². The molecule has 2 aromatic rings. The average molecular weight is 340 g/mol. The summed E-state index contributed by atoms with van der Waals surface area (Å²) in [5, 5.41) is 0. The third-order valence-electron chi connectivity index (χ3n) is 4.57. The smallest absolute Gasteiger partial charge is 0.0553 e. The molecule has 0 spiro atoms. The molecule has 128 valence electrons. The predicted octanol–water partition coefficient (Wildman–Crippen LogP) is 7.07. The number of hydrogen-bond acceptors (Lipinski definition) is 2. The van der Waals surface area contributed by atoms with Crippen molar-refractivity contribution in [3.05, 3.63) is 48.0 Å². The molecule has 1 nitrogen and oxygen atoms in total. The quantitative estimate of drug-likeness (QED) is 0.496. The van der Waals surface area contributed by atoms with Crippen LogP contribution >= 0.6 is 11.8 Å². The largest absolute Gasteiger partial charge is 0.340 e. The molecule has 1 aliphatic rings. The maximum atomic E-state index is 2.54. The van der Waals surface area contributed by atoms with Gasteiger partial charge in [-0.1, -0.05) is 70.0 Å². The Labute approximate surface area is 151 Å². The Balaban J connectivity index is 1.88. The lowest BCUT2D eigenvalue weighted by Crippen LogP contribution is -2.22.